The molecule has 0 spiro atoms. The second-order valence-electron chi connectivity index (χ2n) is 5.99. The van der Waals surface area contributed by atoms with Crippen molar-refractivity contribution in [2.75, 3.05) is 13.2 Å². The minimum atomic E-state index is -0.505. The van der Waals surface area contributed by atoms with Crippen LogP contribution in [0.2, 0.25) is 0 Å². The van der Waals surface area contributed by atoms with Crippen molar-refractivity contribution in [3.8, 4) is 0 Å². The molecule has 2 atom stereocenters. The number of aromatic nitrogens is 1. The summed E-state index contributed by atoms with van der Waals surface area (Å²) in [5, 5.41) is 25.3. The monoisotopic (exact) mass is 312 g/mol. The lowest BCUT2D eigenvalue weighted by Gasteiger charge is -2.18. The molecule has 0 unspecified atom stereocenters. The normalized spacial score (nSPS) is 14.4. The van der Waals surface area contributed by atoms with E-state index >= 15 is 0 Å². The zero-order valence-electron chi connectivity index (χ0n) is 13.4. The zero-order valence-corrected chi connectivity index (χ0v) is 13.4. The molecule has 0 saturated heterocycles. The number of hydrogen-bond donors (Lipinski definition) is 3. The topological polar surface area (TPSA) is 57.4 Å². The Hall–Kier alpha value is -1.88. The SMILES string of the molecule is CC[C@H](CO)NC[C@H](O)Cn1c2ccccc2c2ccccc21. The fraction of sp³-hybridized carbons (Fsp3) is 0.368. The molecular formula is C19H24N2O2. The zero-order chi connectivity index (χ0) is 16.2. The van der Waals surface area contributed by atoms with Gasteiger partial charge in [-0.3, -0.25) is 0 Å². The van der Waals surface area contributed by atoms with Gasteiger partial charge in [-0.2, -0.15) is 0 Å². The number of aliphatic hydroxyl groups excluding tert-OH is 2. The van der Waals surface area contributed by atoms with E-state index in [2.05, 4.69) is 34.1 Å². The lowest BCUT2D eigenvalue weighted by molar-refractivity contribution is 0.141. The number of benzene rings is 2. The summed E-state index contributed by atoms with van der Waals surface area (Å²) in [6, 6.07) is 16.6. The number of rotatable bonds is 7. The summed E-state index contributed by atoms with van der Waals surface area (Å²) in [4.78, 5) is 0. The molecule has 0 saturated carbocycles. The Labute approximate surface area is 136 Å². The molecule has 2 aromatic carbocycles. The molecule has 0 radical (unpaired) electrons. The third-order valence-electron chi connectivity index (χ3n) is 4.43. The van der Waals surface area contributed by atoms with Crippen LogP contribution in [0, 0.1) is 0 Å². The molecule has 3 rings (SSSR count). The molecule has 0 fully saturated rings. The van der Waals surface area contributed by atoms with Gasteiger partial charge in [-0.15, -0.1) is 0 Å². The summed E-state index contributed by atoms with van der Waals surface area (Å²) < 4.78 is 2.18. The molecule has 23 heavy (non-hydrogen) atoms. The standard InChI is InChI=1S/C19H24N2O2/c1-2-14(13-22)20-11-15(23)12-21-18-9-5-3-7-16(18)17-8-4-6-10-19(17)21/h3-10,14-15,20,22-23H,2,11-13H2,1H3/t14-,15+/m1/s1. The van der Waals surface area contributed by atoms with Gasteiger partial charge in [-0.05, 0) is 18.6 Å². The van der Waals surface area contributed by atoms with Crippen molar-refractivity contribution in [3.63, 3.8) is 0 Å². The van der Waals surface area contributed by atoms with Crippen LogP contribution in [0.15, 0.2) is 48.5 Å². The first-order valence-corrected chi connectivity index (χ1v) is 8.22. The van der Waals surface area contributed by atoms with Crippen LogP contribution in [-0.4, -0.2) is 40.1 Å². The molecule has 4 nitrogen and oxygen atoms in total. The fourth-order valence-electron chi connectivity index (χ4n) is 3.12. The summed E-state index contributed by atoms with van der Waals surface area (Å²) in [5.41, 5.74) is 2.28. The number of nitrogens with one attached hydrogen (secondary N) is 1. The number of aliphatic hydroxyl groups is 2. The molecule has 3 aromatic rings. The van der Waals surface area contributed by atoms with Crippen LogP contribution in [-0.2, 0) is 6.54 Å². The Morgan fingerprint density at radius 1 is 1.00 bits per heavy atom. The lowest BCUT2D eigenvalue weighted by Crippen LogP contribution is -2.38. The van der Waals surface area contributed by atoms with Crippen LogP contribution >= 0.6 is 0 Å². The van der Waals surface area contributed by atoms with E-state index in [1.54, 1.807) is 0 Å². The molecule has 3 N–H and O–H groups in total. The highest BCUT2D eigenvalue weighted by atomic mass is 16.3. The number of para-hydroxylation sites is 2. The fourth-order valence-corrected chi connectivity index (χ4v) is 3.12. The van der Waals surface area contributed by atoms with Gasteiger partial charge >= 0.3 is 0 Å². The first-order valence-electron chi connectivity index (χ1n) is 8.22. The maximum atomic E-state index is 10.4. The van der Waals surface area contributed by atoms with Crippen LogP contribution in [0.4, 0.5) is 0 Å². The van der Waals surface area contributed by atoms with Crippen molar-refractivity contribution >= 4 is 21.8 Å². The highest BCUT2D eigenvalue weighted by Gasteiger charge is 2.14. The number of fused-ring (bicyclic) bond motifs is 3. The van der Waals surface area contributed by atoms with Crippen molar-refractivity contribution in [2.24, 2.45) is 0 Å². The third kappa shape index (κ3) is 3.24. The van der Waals surface area contributed by atoms with Gasteiger partial charge in [-0.1, -0.05) is 43.3 Å². The van der Waals surface area contributed by atoms with Gasteiger partial charge in [0.25, 0.3) is 0 Å². The summed E-state index contributed by atoms with van der Waals surface area (Å²) in [6.07, 6.45) is 0.341. The van der Waals surface area contributed by atoms with Gasteiger partial charge in [0.2, 0.25) is 0 Å². The van der Waals surface area contributed by atoms with Crippen LogP contribution in [0.1, 0.15) is 13.3 Å². The summed E-state index contributed by atoms with van der Waals surface area (Å²) in [6.45, 7) is 3.12. The lowest BCUT2D eigenvalue weighted by atomic mass is 10.2. The van der Waals surface area contributed by atoms with Gasteiger partial charge < -0.3 is 20.1 Å². The molecular weight excluding hydrogens is 288 g/mol. The Bertz CT molecular complexity index is 724. The maximum Gasteiger partial charge on any atom is 0.0843 e. The molecule has 1 aromatic heterocycles. The van der Waals surface area contributed by atoms with Crippen LogP contribution in [0.25, 0.3) is 21.8 Å². The molecule has 4 heteroatoms. The number of nitrogens with zero attached hydrogens (tertiary/aromatic N) is 1. The van der Waals surface area contributed by atoms with Gasteiger partial charge in [0, 0.05) is 34.4 Å². The van der Waals surface area contributed by atoms with Crippen molar-refractivity contribution in [1.82, 2.24) is 9.88 Å². The molecule has 0 aliphatic heterocycles. The maximum absolute atomic E-state index is 10.4. The van der Waals surface area contributed by atoms with Crippen molar-refractivity contribution in [3.05, 3.63) is 48.5 Å². The Morgan fingerprint density at radius 2 is 1.57 bits per heavy atom. The van der Waals surface area contributed by atoms with E-state index in [0.29, 0.717) is 13.1 Å². The highest BCUT2D eigenvalue weighted by molar-refractivity contribution is 6.07. The Morgan fingerprint density at radius 3 is 2.09 bits per heavy atom. The average molecular weight is 312 g/mol. The molecule has 0 aliphatic carbocycles. The second-order valence-corrected chi connectivity index (χ2v) is 5.99. The van der Waals surface area contributed by atoms with Crippen LogP contribution in [0.5, 0.6) is 0 Å². The van der Waals surface area contributed by atoms with Crippen molar-refractivity contribution in [2.45, 2.75) is 32.0 Å². The van der Waals surface area contributed by atoms with E-state index in [0.717, 1.165) is 17.5 Å². The quantitative estimate of drug-likeness (QED) is 0.628. The molecule has 0 aliphatic rings. The third-order valence-corrected chi connectivity index (χ3v) is 4.43. The predicted molar refractivity (Wildman–Crippen MR) is 94.6 cm³/mol. The van der Waals surface area contributed by atoms with E-state index in [4.69, 9.17) is 0 Å². The predicted octanol–water partition coefficient (Wildman–Crippen LogP) is 2.52. The largest absolute Gasteiger partial charge is 0.395 e. The van der Waals surface area contributed by atoms with Gasteiger partial charge in [0.1, 0.15) is 0 Å². The summed E-state index contributed by atoms with van der Waals surface area (Å²) in [7, 11) is 0. The average Bonchev–Trinajstić information content (AvgIpc) is 2.90. The second kappa shape index (κ2) is 7.13. The van der Waals surface area contributed by atoms with Gasteiger partial charge in [0.15, 0.2) is 0 Å². The summed E-state index contributed by atoms with van der Waals surface area (Å²) >= 11 is 0. The van der Waals surface area contributed by atoms with E-state index in [-0.39, 0.29) is 12.6 Å². The minimum absolute atomic E-state index is 0.0443. The van der Waals surface area contributed by atoms with E-state index in [1.807, 2.05) is 31.2 Å². The Kier molecular flexibility index (Phi) is 4.96. The van der Waals surface area contributed by atoms with Crippen LogP contribution < -0.4 is 5.32 Å². The molecule has 1 heterocycles. The molecule has 122 valence electrons. The van der Waals surface area contributed by atoms with E-state index in [9.17, 15) is 10.2 Å². The van der Waals surface area contributed by atoms with Gasteiger partial charge in [-0.25, -0.2) is 0 Å². The number of hydrogen-bond acceptors (Lipinski definition) is 3. The van der Waals surface area contributed by atoms with Crippen molar-refractivity contribution < 1.29 is 10.2 Å². The smallest absolute Gasteiger partial charge is 0.0843 e. The first-order chi connectivity index (χ1) is 11.2. The summed E-state index contributed by atoms with van der Waals surface area (Å²) in [5.74, 6) is 0. The highest BCUT2D eigenvalue weighted by Crippen LogP contribution is 2.28. The van der Waals surface area contributed by atoms with Gasteiger partial charge in [0.05, 0.1) is 19.3 Å². The van der Waals surface area contributed by atoms with Crippen molar-refractivity contribution in [1.29, 1.82) is 0 Å². The Balaban J connectivity index is 1.86. The van der Waals surface area contributed by atoms with E-state index in [1.165, 1.54) is 10.8 Å². The minimum Gasteiger partial charge on any atom is -0.395 e. The molecule has 0 amide bonds. The van der Waals surface area contributed by atoms with Crippen LogP contribution in [0.3, 0.4) is 0 Å². The molecule has 0 bridgehead atoms. The first kappa shape index (κ1) is 16.0. The van der Waals surface area contributed by atoms with E-state index < -0.39 is 6.10 Å².